The molecule has 0 bridgehead atoms. The van der Waals surface area contributed by atoms with Gasteiger partial charge >= 0.3 is 0 Å². The molecule has 1 aliphatic rings. The standard InChI is InChI=1S/C18H22ClN3O2/c1-13-16(5-6-20-13)18(23)21-12-17(22-7-9-24-10-8-22)14-3-2-4-15(19)11-14/h2-6,11,17,20H,7-10,12H2,1H3,(H,21,23)/t17-/m1/s1. The van der Waals surface area contributed by atoms with E-state index in [1.807, 2.05) is 25.1 Å². The highest BCUT2D eigenvalue weighted by atomic mass is 35.5. The van der Waals surface area contributed by atoms with Crippen LogP contribution in [0.5, 0.6) is 0 Å². The van der Waals surface area contributed by atoms with Crippen molar-refractivity contribution < 1.29 is 9.53 Å². The van der Waals surface area contributed by atoms with Crippen LogP contribution in [0.2, 0.25) is 5.02 Å². The molecule has 3 rings (SSSR count). The summed E-state index contributed by atoms with van der Waals surface area (Å²) in [6, 6.07) is 9.71. The van der Waals surface area contributed by atoms with Crippen molar-refractivity contribution in [1.82, 2.24) is 15.2 Å². The fourth-order valence-corrected chi connectivity index (χ4v) is 3.24. The minimum atomic E-state index is -0.0611. The number of aromatic nitrogens is 1. The first-order chi connectivity index (χ1) is 11.6. The minimum absolute atomic E-state index is 0.0611. The molecule has 1 amide bonds. The Labute approximate surface area is 146 Å². The molecular formula is C18H22ClN3O2. The second-order valence-corrected chi connectivity index (χ2v) is 6.38. The Morgan fingerprint density at radius 1 is 1.38 bits per heavy atom. The molecule has 2 aromatic rings. The Kier molecular flexibility index (Phi) is 5.56. The molecule has 1 saturated heterocycles. The molecule has 2 heterocycles. The van der Waals surface area contributed by atoms with E-state index in [1.165, 1.54) is 0 Å². The molecule has 1 atom stereocenters. The lowest BCUT2D eigenvalue weighted by atomic mass is 10.0. The predicted molar refractivity (Wildman–Crippen MR) is 94.4 cm³/mol. The summed E-state index contributed by atoms with van der Waals surface area (Å²) < 4.78 is 5.45. The number of amides is 1. The molecule has 1 aliphatic heterocycles. The van der Waals surface area contributed by atoms with Crippen LogP contribution in [-0.2, 0) is 4.74 Å². The average Bonchev–Trinajstić information content (AvgIpc) is 3.02. The highest BCUT2D eigenvalue weighted by Crippen LogP contribution is 2.24. The zero-order chi connectivity index (χ0) is 16.9. The maximum Gasteiger partial charge on any atom is 0.253 e. The molecule has 1 fully saturated rings. The zero-order valence-electron chi connectivity index (χ0n) is 13.7. The number of rotatable bonds is 5. The van der Waals surface area contributed by atoms with Crippen LogP contribution in [-0.4, -0.2) is 48.6 Å². The van der Waals surface area contributed by atoms with Gasteiger partial charge in [-0.2, -0.15) is 0 Å². The molecule has 6 heteroatoms. The lowest BCUT2D eigenvalue weighted by Crippen LogP contribution is -2.43. The largest absolute Gasteiger partial charge is 0.379 e. The quantitative estimate of drug-likeness (QED) is 0.874. The number of hydrogen-bond donors (Lipinski definition) is 2. The Balaban J connectivity index is 1.74. The van der Waals surface area contributed by atoms with Crippen molar-refractivity contribution in [2.75, 3.05) is 32.8 Å². The first-order valence-electron chi connectivity index (χ1n) is 8.14. The van der Waals surface area contributed by atoms with E-state index >= 15 is 0 Å². The van der Waals surface area contributed by atoms with Crippen LogP contribution in [0.4, 0.5) is 0 Å². The summed E-state index contributed by atoms with van der Waals surface area (Å²) in [6.45, 7) is 5.53. The predicted octanol–water partition coefficient (Wildman–Crippen LogP) is 2.78. The number of carbonyl (C=O) groups is 1. The van der Waals surface area contributed by atoms with Crippen LogP contribution in [0.1, 0.15) is 27.7 Å². The Morgan fingerprint density at radius 3 is 2.83 bits per heavy atom. The second-order valence-electron chi connectivity index (χ2n) is 5.95. The highest BCUT2D eigenvalue weighted by molar-refractivity contribution is 6.30. The first-order valence-corrected chi connectivity index (χ1v) is 8.52. The van der Waals surface area contributed by atoms with Gasteiger partial charge < -0.3 is 15.0 Å². The summed E-state index contributed by atoms with van der Waals surface area (Å²) in [5.74, 6) is -0.0611. The van der Waals surface area contributed by atoms with E-state index in [2.05, 4.69) is 21.3 Å². The number of benzene rings is 1. The maximum absolute atomic E-state index is 12.4. The molecule has 24 heavy (non-hydrogen) atoms. The molecule has 5 nitrogen and oxygen atoms in total. The molecule has 1 aromatic carbocycles. The molecule has 1 aromatic heterocycles. The minimum Gasteiger partial charge on any atom is -0.379 e. The van der Waals surface area contributed by atoms with Gasteiger partial charge in [0, 0.05) is 36.5 Å². The van der Waals surface area contributed by atoms with Crippen LogP contribution in [0.3, 0.4) is 0 Å². The fourth-order valence-electron chi connectivity index (χ4n) is 3.04. The van der Waals surface area contributed by atoms with E-state index in [-0.39, 0.29) is 11.9 Å². The van der Waals surface area contributed by atoms with E-state index in [4.69, 9.17) is 16.3 Å². The van der Waals surface area contributed by atoms with Crippen molar-refractivity contribution in [2.24, 2.45) is 0 Å². The van der Waals surface area contributed by atoms with Gasteiger partial charge in [0.05, 0.1) is 24.8 Å². The van der Waals surface area contributed by atoms with Gasteiger partial charge in [0.2, 0.25) is 0 Å². The van der Waals surface area contributed by atoms with Crippen molar-refractivity contribution in [2.45, 2.75) is 13.0 Å². The van der Waals surface area contributed by atoms with Crippen molar-refractivity contribution >= 4 is 17.5 Å². The van der Waals surface area contributed by atoms with Gasteiger partial charge in [0.1, 0.15) is 0 Å². The Hall–Kier alpha value is -1.82. The summed E-state index contributed by atoms with van der Waals surface area (Å²) in [4.78, 5) is 17.8. The molecule has 2 N–H and O–H groups in total. The lowest BCUT2D eigenvalue weighted by molar-refractivity contribution is 0.0162. The summed E-state index contributed by atoms with van der Waals surface area (Å²) in [5.41, 5.74) is 2.66. The van der Waals surface area contributed by atoms with E-state index in [1.54, 1.807) is 12.3 Å². The molecule has 0 radical (unpaired) electrons. The lowest BCUT2D eigenvalue weighted by Gasteiger charge is -2.35. The zero-order valence-corrected chi connectivity index (χ0v) is 14.5. The average molecular weight is 348 g/mol. The Bertz CT molecular complexity index is 695. The monoisotopic (exact) mass is 347 g/mol. The fraction of sp³-hybridized carbons (Fsp3) is 0.389. The Morgan fingerprint density at radius 2 is 2.17 bits per heavy atom. The summed E-state index contributed by atoms with van der Waals surface area (Å²) in [5, 5.41) is 3.76. The third-order valence-electron chi connectivity index (χ3n) is 4.37. The van der Waals surface area contributed by atoms with Crippen molar-refractivity contribution in [1.29, 1.82) is 0 Å². The van der Waals surface area contributed by atoms with Gasteiger partial charge in [-0.25, -0.2) is 0 Å². The number of nitrogens with zero attached hydrogens (tertiary/aromatic N) is 1. The molecule has 0 spiro atoms. The van der Waals surface area contributed by atoms with Crippen LogP contribution >= 0.6 is 11.6 Å². The molecule has 0 saturated carbocycles. The number of hydrogen-bond acceptors (Lipinski definition) is 3. The van der Waals surface area contributed by atoms with Gasteiger partial charge in [-0.05, 0) is 30.7 Å². The van der Waals surface area contributed by atoms with E-state index in [0.717, 1.165) is 24.3 Å². The van der Waals surface area contributed by atoms with Gasteiger partial charge in [-0.15, -0.1) is 0 Å². The number of morpholine rings is 1. The number of aromatic amines is 1. The van der Waals surface area contributed by atoms with E-state index in [9.17, 15) is 4.79 Å². The van der Waals surface area contributed by atoms with Crippen molar-refractivity contribution in [3.8, 4) is 0 Å². The number of aryl methyl sites for hydroxylation is 1. The second kappa shape index (κ2) is 7.83. The van der Waals surface area contributed by atoms with Gasteiger partial charge in [-0.1, -0.05) is 23.7 Å². The number of H-pyrrole nitrogens is 1. The highest BCUT2D eigenvalue weighted by Gasteiger charge is 2.24. The van der Waals surface area contributed by atoms with E-state index < -0.39 is 0 Å². The van der Waals surface area contributed by atoms with Crippen LogP contribution in [0.25, 0.3) is 0 Å². The number of carbonyl (C=O) groups excluding carboxylic acids is 1. The molecule has 128 valence electrons. The topological polar surface area (TPSA) is 57.4 Å². The maximum atomic E-state index is 12.4. The van der Waals surface area contributed by atoms with Crippen molar-refractivity contribution in [3.63, 3.8) is 0 Å². The number of ether oxygens (including phenoxy) is 1. The summed E-state index contributed by atoms with van der Waals surface area (Å²) in [6.07, 6.45) is 1.78. The third-order valence-corrected chi connectivity index (χ3v) is 4.61. The smallest absolute Gasteiger partial charge is 0.253 e. The third kappa shape index (κ3) is 3.98. The summed E-state index contributed by atoms with van der Waals surface area (Å²) in [7, 11) is 0. The van der Waals surface area contributed by atoms with E-state index in [0.29, 0.717) is 30.3 Å². The first kappa shape index (κ1) is 17.0. The normalized spacial score (nSPS) is 16.8. The molecule has 0 unspecified atom stereocenters. The summed E-state index contributed by atoms with van der Waals surface area (Å²) >= 11 is 6.16. The number of nitrogens with one attached hydrogen (secondary N) is 2. The SMILES string of the molecule is Cc1[nH]ccc1C(=O)NC[C@H](c1cccc(Cl)c1)N1CCOCC1. The van der Waals surface area contributed by atoms with Gasteiger partial charge in [-0.3, -0.25) is 9.69 Å². The number of halogens is 1. The van der Waals surface area contributed by atoms with Gasteiger partial charge in [0.15, 0.2) is 0 Å². The molecular weight excluding hydrogens is 326 g/mol. The van der Waals surface area contributed by atoms with Gasteiger partial charge in [0.25, 0.3) is 5.91 Å². The van der Waals surface area contributed by atoms with Crippen LogP contribution in [0.15, 0.2) is 36.5 Å². The van der Waals surface area contributed by atoms with Crippen LogP contribution in [0, 0.1) is 6.92 Å². The van der Waals surface area contributed by atoms with Crippen LogP contribution < -0.4 is 5.32 Å². The molecule has 0 aliphatic carbocycles. The van der Waals surface area contributed by atoms with Crippen molar-refractivity contribution in [3.05, 3.63) is 58.4 Å².